The number of hydrogen-bond acceptors (Lipinski definition) is 2. The van der Waals surface area contributed by atoms with Gasteiger partial charge in [0.15, 0.2) is 0 Å². The number of amides is 1. The maximum atomic E-state index is 13.0. The van der Waals surface area contributed by atoms with E-state index >= 15 is 0 Å². The summed E-state index contributed by atoms with van der Waals surface area (Å²) in [4.78, 5) is 16.3. The maximum Gasteiger partial charge on any atom is 0.416 e. The Labute approximate surface area is 167 Å². The number of benzene rings is 2. The van der Waals surface area contributed by atoms with Gasteiger partial charge < -0.3 is 9.88 Å². The van der Waals surface area contributed by atoms with E-state index in [0.717, 1.165) is 5.56 Å². The minimum atomic E-state index is -5.02. The van der Waals surface area contributed by atoms with Crippen LogP contribution in [0, 0.1) is 0 Å². The number of halogens is 6. The summed E-state index contributed by atoms with van der Waals surface area (Å²) in [7, 11) is 0. The van der Waals surface area contributed by atoms with Crippen molar-refractivity contribution in [2.24, 2.45) is 0 Å². The van der Waals surface area contributed by atoms with Crippen LogP contribution >= 0.6 is 0 Å². The molecule has 0 fully saturated rings. The normalized spacial score (nSPS) is 12.1. The third kappa shape index (κ3) is 5.19. The van der Waals surface area contributed by atoms with Crippen LogP contribution in [-0.2, 0) is 25.4 Å². The third-order valence-electron chi connectivity index (χ3n) is 4.32. The first-order valence-electron chi connectivity index (χ1n) is 8.64. The number of aromatic nitrogens is 2. The molecule has 0 aliphatic rings. The minimum absolute atomic E-state index is 0.0167. The Morgan fingerprint density at radius 1 is 0.933 bits per heavy atom. The fourth-order valence-corrected chi connectivity index (χ4v) is 2.82. The Hall–Kier alpha value is -3.30. The molecule has 1 amide bonds. The summed E-state index contributed by atoms with van der Waals surface area (Å²) in [6.45, 7) is 0.370. The highest BCUT2D eigenvalue weighted by Gasteiger charge is 2.37. The van der Waals surface area contributed by atoms with Crippen LogP contribution < -0.4 is 5.32 Å². The summed E-state index contributed by atoms with van der Waals surface area (Å²) in [5.41, 5.74) is -2.31. The van der Waals surface area contributed by atoms with Crippen LogP contribution in [0.25, 0.3) is 0 Å². The molecule has 1 N–H and O–H groups in total. The summed E-state index contributed by atoms with van der Waals surface area (Å²) >= 11 is 0. The van der Waals surface area contributed by atoms with Gasteiger partial charge >= 0.3 is 12.4 Å². The number of alkyl halides is 6. The number of rotatable bonds is 5. The molecule has 0 bridgehead atoms. The number of imidazole rings is 1. The second-order valence-corrected chi connectivity index (χ2v) is 6.48. The summed E-state index contributed by atoms with van der Waals surface area (Å²) in [6, 6.07) is 7.79. The zero-order valence-corrected chi connectivity index (χ0v) is 15.3. The molecule has 2 aromatic carbocycles. The summed E-state index contributed by atoms with van der Waals surface area (Å²) < 4.78 is 79.6. The van der Waals surface area contributed by atoms with Gasteiger partial charge in [0.25, 0.3) is 5.91 Å². The van der Waals surface area contributed by atoms with Gasteiger partial charge in [0, 0.05) is 31.0 Å². The number of hydrogen-bond donors (Lipinski definition) is 1. The lowest BCUT2D eigenvalue weighted by Gasteiger charge is -2.15. The lowest BCUT2D eigenvalue weighted by Crippen LogP contribution is -2.25. The molecule has 0 aliphatic heterocycles. The monoisotopic (exact) mass is 427 g/mol. The van der Waals surface area contributed by atoms with Crippen LogP contribution in [0.15, 0.2) is 61.2 Å². The predicted octanol–water partition coefficient (Wildman–Crippen LogP) is 4.90. The van der Waals surface area contributed by atoms with Crippen molar-refractivity contribution in [2.45, 2.75) is 25.4 Å². The molecule has 0 atom stereocenters. The van der Waals surface area contributed by atoms with Gasteiger partial charge in [-0.15, -0.1) is 0 Å². The highest BCUT2D eigenvalue weighted by molar-refractivity contribution is 5.94. The Balaban J connectivity index is 1.82. The van der Waals surface area contributed by atoms with Crippen LogP contribution in [0.5, 0.6) is 0 Å². The minimum Gasteiger partial charge on any atom is -0.348 e. The van der Waals surface area contributed by atoms with Crippen molar-refractivity contribution in [3.63, 3.8) is 0 Å². The molecule has 1 aromatic heterocycles. The van der Waals surface area contributed by atoms with E-state index in [4.69, 9.17) is 0 Å². The lowest BCUT2D eigenvalue weighted by molar-refractivity contribution is -0.143. The molecule has 30 heavy (non-hydrogen) atoms. The zero-order valence-electron chi connectivity index (χ0n) is 15.3. The van der Waals surface area contributed by atoms with E-state index in [2.05, 4.69) is 10.3 Å². The molecular weight excluding hydrogens is 412 g/mol. The zero-order chi connectivity index (χ0) is 21.9. The highest BCUT2D eigenvalue weighted by Crippen LogP contribution is 2.36. The van der Waals surface area contributed by atoms with Crippen molar-refractivity contribution in [1.82, 2.24) is 14.9 Å². The van der Waals surface area contributed by atoms with E-state index < -0.39 is 35.0 Å². The summed E-state index contributed by atoms with van der Waals surface area (Å²) in [5.74, 6) is -1.04. The number of nitrogens with one attached hydrogen (secondary N) is 1. The van der Waals surface area contributed by atoms with Gasteiger partial charge in [-0.3, -0.25) is 4.79 Å². The Kier molecular flexibility index (Phi) is 5.86. The summed E-state index contributed by atoms with van der Waals surface area (Å²) in [5, 5.41) is 2.39. The third-order valence-corrected chi connectivity index (χ3v) is 4.32. The standard InChI is InChI=1S/C20H15F6N3O/c21-19(22,23)16-7-15(8-17(9-16)20(24,25)26)18(30)28-10-13-3-1-2-4-14(13)11-29-6-5-27-12-29/h1-9,12H,10-11H2,(H,28,30). The maximum absolute atomic E-state index is 13.0. The molecule has 0 saturated heterocycles. The van der Waals surface area contributed by atoms with E-state index in [1.54, 1.807) is 47.6 Å². The molecule has 0 saturated carbocycles. The largest absolute Gasteiger partial charge is 0.416 e. The molecule has 4 nitrogen and oxygen atoms in total. The SMILES string of the molecule is O=C(NCc1ccccc1Cn1ccnc1)c1cc(C(F)(F)F)cc(C(F)(F)F)c1. The number of nitrogens with zero attached hydrogens (tertiary/aromatic N) is 2. The Morgan fingerprint density at radius 2 is 1.53 bits per heavy atom. The second-order valence-electron chi connectivity index (χ2n) is 6.48. The topological polar surface area (TPSA) is 46.9 Å². The smallest absolute Gasteiger partial charge is 0.348 e. The van der Waals surface area contributed by atoms with Crippen molar-refractivity contribution in [3.8, 4) is 0 Å². The fraction of sp³-hybridized carbons (Fsp3) is 0.200. The van der Waals surface area contributed by atoms with Crippen LogP contribution in [0.3, 0.4) is 0 Å². The molecule has 1 heterocycles. The molecule has 10 heteroatoms. The van der Waals surface area contributed by atoms with Crippen molar-refractivity contribution in [3.05, 3.63) is 89.0 Å². The molecule has 0 aliphatic carbocycles. The van der Waals surface area contributed by atoms with E-state index in [1.807, 2.05) is 0 Å². The molecule has 158 valence electrons. The van der Waals surface area contributed by atoms with Crippen LogP contribution in [0.1, 0.15) is 32.6 Å². The van der Waals surface area contributed by atoms with Crippen molar-refractivity contribution in [2.75, 3.05) is 0 Å². The highest BCUT2D eigenvalue weighted by atomic mass is 19.4. The fourth-order valence-electron chi connectivity index (χ4n) is 2.82. The average Bonchev–Trinajstić information content (AvgIpc) is 3.18. The Morgan fingerprint density at radius 3 is 2.07 bits per heavy atom. The van der Waals surface area contributed by atoms with Crippen molar-refractivity contribution < 1.29 is 31.1 Å². The molecule has 0 radical (unpaired) electrons. The van der Waals surface area contributed by atoms with Gasteiger partial charge in [-0.25, -0.2) is 4.98 Å². The van der Waals surface area contributed by atoms with Gasteiger partial charge in [-0.2, -0.15) is 26.3 Å². The predicted molar refractivity (Wildman–Crippen MR) is 95.4 cm³/mol. The van der Waals surface area contributed by atoms with E-state index in [1.165, 1.54) is 0 Å². The summed E-state index contributed by atoms with van der Waals surface area (Å²) in [6.07, 6.45) is -5.12. The van der Waals surface area contributed by atoms with Gasteiger partial charge in [-0.05, 0) is 29.3 Å². The van der Waals surface area contributed by atoms with Crippen LogP contribution in [-0.4, -0.2) is 15.5 Å². The molecule has 3 rings (SSSR count). The van der Waals surface area contributed by atoms with Gasteiger partial charge in [0.1, 0.15) is 0 Å². The Bertz CT molecular complexity index is 994. The van der Waals surface area contributed by atoms with Crippen molar-refractivity contribution in [1.29, 1.82) is 0 Å². The first-order valence-corrected chi connectivity index (χ1v) is 8.64. The lowest BCUT2D eigenvalue weighted by atomic mass is 10.0. The quantitative estimate of drug-likeness (QED) is 0.589. The van der Waals surface area contributed by atoms with E-state index in [0.29, 0.717) is 24.2 Å². The van der Waals surface area contributed by atoms with Gasteiger partial charge in [0.05, 0.1) is 17.5 Å². The van der Waals surface area contributed by atoms with Gasteiger partial charge in [0.2, 0.25) is 0 Å². The first kappa shape index (κ1) is 21.4. The van der Waals surface area contributed by atoms with Crippen LogP contribution in [0.2, 0.25) is 0 Å². The molecule has 0 spiro atoms. The van der Waals surface area contributed by atoms with Crippen molar-refractivity contribution >= 4 is 5.91 Å². The van der Waals surface area contributed by atoms with E-state index in [-0.39, 0.29) is 12.6 Å². The number of carbonyl (C=O) groups is 1. The number of carbonyl (C=O) groups excluding carboxylic acids is 1. The van der Waals surface area contributed by atoms with E-state index in [9.17, 15) is 31.1 Å². The average molecular weight is 427 g/mol. The van der Waals surface area contributed by atoms with Crippen LogP contribution in [0.4, 0.5) is 26.3 Å². The van der Waals surface area contributed by atoms with Gasteiger partial charge in [-0.1, -0.05) is 24.3 Å². The molecule has 3 aromatic rings. The molecule has 0 unspecified atom stereocenters. The second kappa shape index (κ2) is 8.21. The first-order chi connectivity index (χ1) is 14.0. The molecular formula is C20H15F6N3O.